The Morgan fingerprint density at radius 1 is 0.278 bits per heavy atom. The Morgan fingerprint density at radius 3 is 0.667 bits per heavy atom. The quantitative estimate of drug-likeness (QED) is 0.0633. The first kappa shape index (κ1) is 33.8. The lowest BCUT2D eigenvalue weighted by molar-refractivity contribution is 0.511. The van der Waals surface area contributed by atoms with Crippen LogP contribution in [0.3, 0.4) is 0 Å². The van der Waals surface area contributed by atoms with Gasteiger partial charge in [0.25, 0.3) is 0 Å². The summed E-state index contributed by atoms with van der Waals surface area (Å²) in [7, 11) is 0. The Balaban J connectivity index is 1.58. The fourth-order valence-corrected chi connectivity index (χ4v) is 5.85. The van der Waals surface area contributed by atoms with Crippen molar-refractivity contribution < 1.29 is 0 Å². The van der Waals surface area contributed by atoms with Crippen LogP contribution in [0.15, 0.2) is 12.2 Å². The zero-order chi connectivity index (χ0) is 25.6. The van der Waals surface area contributed by atoms with Gasteiger partial charge < -0.3 is 0 Å². The molecule has 0 radical (unpaired) electrons. The zero-order valence-electron chi connectivity index (χ0n) is 25.4. The Kier molecular flexibility index (Phi) is 27.5. The van der Waals surface area contributed by atoms with Crippen LogP contribution < -0.4 is 0 Å². The van der Waals surface area contributed by atoms with Crippen LogP contribution in [0.2, 0.25) is 0 Å². The summed E-state index contributed by atoms with van der Waals surface area (Å²) in [5, 5.41) is 0. The highest BCUT2D eigenvalue weighted by Crippen LogP contribution is 2.23. The van der Waals surface area contributed by atoms with Gasteiger partial charge in [0.15, 0.2) is 0 Å². The molecule has 0 unspecified atom stereocenters. The van der Waals surface area contributed by atoms with Crippen LogP contribution >= 0.6 is 0 Å². The van der Waals surface area contributed by atoms with E-state index >= 15 is 0 Å². The van der Waals surface area contributed by atoms with E-state index in [4.69, 9.17) is 0 Å². The highest BCUT2D eigenvalue weighted by molar-refractivity contribution is 5.12. The molecule has 0 aromatic carbocycles. The summed E-state index contributed by atoms with van der Waals surface area (Å²) >= 11 is 0. The first-order valence-electron chi connectivity index (χ1n) is 17.6. The molecule has 0 aromatic heterocycles. The average molecular weight is 503 g/mol. The Hall–Kier alpha value is -0.260. The van der Waals surface area contributed by atoms with Gasteiger partial charge in [-0.1, -0.05) is 218 Å². The van der Waals surface area contributed by atoms with E-state index in [0.717, 1.165) is 5.92 Å². The molecule has 0 aliphatic heterocycles. The molecule has 0 bridgehead atoms. The minimum Gasteiger partial charge on any atom is -0.0810 e. The molecular weight excluding hydrogens is 432 g/mol. The zero-order valence-corrected chi connectivity index (χ0v) is 25.4. The predicted molar refractivity (Wildman–Crippen MR) is 166 cm³/mol. The molecule has 0 saturated carbocycles. The standard InChI is InChI=1S/C36H70/c1-2-3-4-5-6-7-8-9-10-11-12-13-14-15-16-17-18-19-20-21-22-23-24-25-26-27-28-29-30-31-32-33-36-34-35-36/h34-36H,2-33H2,1H3. The molecule has 1 aliphatic rings. The summed E-state index contributed by atoms with van der Waals surface area (Å²) in [5.74, 6) is 0.897. The summed E-state index contributed by atoms with van der Waals surface area (Å²) < 4.78 is 0. The Morgan fingerprint density at radius 2 is 0.472 bits per heavy atom. The van der Waals surface area contributed by atoms with Crippen LogP contribution in [0.25, 0.3) is 0 Å². The van der Waals surface area contributed by atoms with Crippen molar-refractivity contribution in [2.75, 3.05) is 0 Å². The maximum Gasteiger partial charge on any atom is -0.00531 e. The van der Waals surface area contributed by atoms with Gasteiger partial charge >= 0.3 is 0 Å². The molecule has 214 valence electrons. The molecule has 0 heteroatoms. The van der Waals surface area contributed by atoms with Crippen molar-refractivity contribution in [3.05, 3.63) is 12.2 Å². The van der Waals surface area contributed by atoms with Gasteiger partial charge in [-0.3, -0.25) is 0 Å². The monoisotopic (exact) mass is 503 g/mol. The molecule has 0 saturated heterocycles. The van der Waals surface area contributed by atoms with Crippen LogP contribution in [0, 0.1) is 5.92 Å². The van der Waals surface area contributed by atoms with Crippen molar-refractivity contribution in [1.29, 1.82) is 0 Å². The fraction of sp³-hybridized carbons (Fsp3) is 0.944. The lowest BCUT2D eigenvalue weighted by atomic mass is 10.0. The van der Waals surface area contributed by atoms with Crippen molar-refractivity contribution in [2.45, 2.75) is 212 Å². The van der Waals surface area contributed by atoms with Crippen LogP contribution in [0.4, 0.5) is 0 Å². The molecule has 0 atom stereocenters. The van der Waals surface area contributed by atoms with E-state index in [1.807, 2.05) is 0 Å². The number of unbranched alkanes of at least 4 members (excludes halogenated alkanes) is 30. The number of allylic oxidation sites excluding steroid dienone is 2. The SMILES string of the molecule is CCCCCCCCCCCCCCCCCCCCCCCCCCCCCCCCCC1C=C1. The van der Waals surface area contributed by atoms with Gasteiger partial charge in [0.1, 0.15) is 0 Å². The summed E-state index contributed by atoms with van der Waals surface area (Å²) in [6, 6.07) is 0. The third kappa shape index (κ3) is 28.3. The molecule has 0 heterocycles. The van der Waals surface area contributed by atoms with Crippen molar-refractivity contribution in [3.63, 3.8) is 0 Å². The highest BCUT2D eigenvalue weighted by Gasteiger charge is 2.08. The van der Waals surface area contributed by atoms with E-state index in [1.165, 1.54) is 205 Å². The molecule has 0 amide bonds. The molecule has 1 aliphatic carbocycles. The van der Waals surface area contributed by atoms with E-state index in [-0.39, 0.29) is 0 Å². The van der Waals surface area contributed by atoms with Crippen LogP contribution in [0.5, 0.6) is 0 Å². The molecule has 36 heavy (non-hydrogen) atoms. The first-order chi connectivity index (χ1) is 17.9. The number of hydrogen-bond acceptors (Lipinski definition) is 0. The van der Waals surface area contributed by atoms with E-state index in [0.29, 0.717) is 0 Å². The van der Waals surface area contributed by atoms with E-state index in [2.05, 4.69) is 19.1 Å². The van der Waals surface area contributed by atoms with Gasteiger partial charge in [-0.25, -0.2) is 0 Å². The molecule has 1 rings (SSSR count). The van der Waals surface area contributed by atoms with Crippen LogP contribution in [-0.2, 0) is 0 Å². The van der Waals surface area contributed by atoms with Gasteiger partial charge in [0.05, 0.1) is 0 Å². The second-order valence-electron chi connectivity index (χ2n) is 12.4. The van der Waals surface area contributed by atoms with Gasteiger partial charge in [0, 0.05) is 0 Å². The Labute approximate surface area is 230 Å². The number of rotatable bonds is 32. The van der Waals surface area contributed by atoms with Gasteiger partial charge in [-0.05, 0) is 12.3 Å². The summed E-state index contributed by atoms with van der Waals surface area (Å²) in [6.45, 7) is 2.31. The first-order valence-corrected chi connectivity index (χ1v) is 17.6. The van der Waals surface area contributed by atoms with Crippen LogP contribution in [-0.4, -0.2) is 0 Å². The molecule has 0 aromatic rings. The van der Waals surface area contributed by atoms with E-state index in [9.17, 15) is 0 Å². The minimum absolute atomic E-state index is 0.897. The van der Waals surface area contributed by atoms with Crippen molar-refractivity contribution in [1.82, 2.24) is 0 Å². The van der Waals surface area contributed by atoms with E-state index in [1.54, 1.807) is 0 Å². The smallest absolute Gasteiger partial charge is 0.00531 e. The third-order valence-corrected chi connectivity index (χ3v) is 8.61. The third-order valence-electron chi connectivity index (χ3n) is 8.61. The van der Waals surface area contributed by atoms with Crippen LogP contribution in [0.1, 0.15) is 212 Å². The van der Waals surface area contributed by atoms with Crippen molar-refractivity contribution in [3.8, 4) is 0 Å². The summed E-state index contributed by atoms with van der Waals surface area (Å²) in [5.41, 5.74) is 0. The lowest BCUT2D eigenvalue weighted by Crippen LogP contribution is -1.85. The summed E-state index contributed by atoms with van der Waals surface area (Å²) in [6.07, 6.45) is 52.1. The fourth-order valence-electron chi connectivity index (χ4n) is 5.85. The van der Waals surface area contributed by atoms with E-state index < -0.39 is 0 Å². The molecule has 0 spiro atoms. The highest BCUT2D eigenvalue weighted by atomic mass is 14.1. The molecule has 0 N–H and O–H groups in total. The Bertz CT molecular complexity index is 416. The minimum atomic E-state index is 0.897. The van der Waals surface area contributed by atoms with Crippen molar-refractivity contribution in [2.24, 2.45) is 5.92 Å². The predicted octanol–water partition coefficient (Wildman–Crippen LogP) is 13.7. The van der Waals surface area contributed by atoms with Gasteiger partial charge in [0.2, 0.25) is 0 Å². The molecule has 0 fully saturated rings. The van der Waals surface area contributed by atoms with Gasteiger partial charge in [-0.15, -0.1) is 0 Å². The average Bonchev–Trinajstić information content (AvgIpc) is 3.72. The lowest BCUT2D eigenvalue weighted by Gasteiger charge is -2.05. The second-order valence-corrected chi connectivity index (χ2v) is 12.4. The second kappa shape index (κ2) is 29.3. The normalized spacial score (nSPS) is 13.1. The number of hydrogen-bond donors (Lipinski definition) is 0. The maximum absolute atomic E-state index is 2.35. The molecular formula is C36H70. The topological polar surface area (TPSA) is 0 Å². The van der Waals surface area contributed by atoms with Crippen molar-refractivity contribution >= 4 is 0 Å². The van der Waals surface area contributed by atoms with Gasteiger partial charge in [-0.2, -0.15) is 0 Å². The maximum atomic E-state index is 2.35. The largest absolute Gasteiger partial charge is 0.0810 e. The molecule has 0 nitrogen and oxygen atoms in total. The summed E-state index contributed by atoms with van der Waals surface area (Å²) in [4.78, 5) is 0.